The van der Waals surface area contributed by atoms with Gasteiger partial charge in [0.25, 0.3) is 0 Å². The van der Waals surface area contributed by atoms with Gasteiger partial charge < -0.3 is 10.6 Å². The number of hydrogen-bond donors (Lipinski definition) is 1. The van der Waals surface area contributed by atoms with E-state index in [1.54, 1.807) is 11.8 Å². The summed E-state index contributed by atoms with van der Waals surface area (Å²) in [7, 11) is 0. The van der Waals surface area contributed by atoms with E-state index in [1.165, 1.54) is 5.56 Å². The maximum absolute atomic E-state index is 12.6. The van der Waals surface area contributed by atoms with Gasteiger partial charge in [0, 0.05) is 41.1 Å². The monoisotopic (exact) mass is 374 g/mol. The maximum atomic E-state index is 12.6. The zero-order valence-electron chi connectivity index (χ0n) is 14.1. The van der Waals surface area contributed by atoms with Gasteiger partial charge in [-0.1, -0.05) is 41.9 Å². The van der Waals surface area contributed by atoms with Crippen LogP contribution in [0.2, 0.25) is 5.02 Å². The lowest BCUT2D eigenvalue weighted by Crippen LogP contribution is -2.30. The summed E-state index contributed by atoms with van der Waals surface area (Å²) in [5, 5.41) is 0.734. The number of thioether (sulfide) groups is 1. The minimum Gasteiger partial charge on any atom is -0.342 e. The normalized spacial score (nSPS) is 20.0. The van der Waals surface area contributed by atoms with Crippen LogP contribution in [-0.2, 0) is 4.79 Å². The first kappa shape index (κ1) is 18.3. The molecule has 0 saturated carbocycles. The van der Waals surface area contributed by atoms with Crippen LogP contribution in [0.1, 0.15) is 17.9 Å². The standard InChI is InChI=1S/C20H23ClN2OS/c21-17-6-8-18(9-7-17)25-11-10-20(24)23-13-16(12-22)19(14-23)15-4-2-1-3-5-15/h1-9,16,19H,10-14,22H2/t16-,19+/m1/s1. The first-order valence-electron chi connectivity index (χ1n) is 8.58. The van der Waals surface area contributed by atoms with Crippen molar-refractivity contribution in [2.45, 2.75) is 17.2 Å². The summed E-state index contributed by atoms with van der Waals surface area (Å²) in [6, 6.07) is 18.1. The van der Waals surface area contributed by atoms with Crippen LogP contribution in [0.25, 0.3) is 0 Å². The Morgan fingerprint density at radius 3 is 2.52 bits per heavy atom. The predicted molar refractivity (Wildman–Crippen MR) is 105 cm³/mol. The molecular formula is C20H23ClN2OS. The highest BCUT2D eigenvalue weighted by molar-refractivity contribution is 7.99. The highest BCUT2D eigenvalue weighted by Crippen LogP contribution is 2.32. The van der Waals surface area contributed by atoms with Crippen LogP contribution >= 0.6 is 23.4 Å². The number of rotatable bonds is 6. The highest BCUT2D eigenvalue weighted by Gasteiger charge is 2.34. The summed E-state index contributed by atoms with van der Waals surface area (Å²) in [6.07, 6.45) is 0.548. The Kier molecular flexibility index (Phi) is 6.40. The van der Waals surface area contributed by atoms with Crippen LogP contribution in [0.4, 0.5) is 0 Å². The molecule has 2 aromatic rings. The van der Waals surface area contributed by atoms with Crippen LogP contribution in [0.5, 0.6) is 0 Å². The molecule has 0 radical (unpaired) electrons. The van der Waals surface area contributed by atoms with Gasteiger partial charge in [-0.3, -0.25) is 4.79 Å². The summed E-state index contributed by atoms with van der Waals surface area (Å²) in [5.41, 5.74) is 7.24. The summed E-state index contributed by atoms with van der Waals surface area (Å²) < 4.78 is 0. The molecule has 1 fully saturated rings. The molecule has 1 amide bonds. The average Bonchev–Trinajstić information content (AvgIpc) is 3.08. The van der Waals surface area contributed by atoms with Crippen molar-refractivity contribution in [3.05, 3.63) is 65.2 Å². The van der Waals surface area contributed by atoms with Gasteiger partial charge in [0.1, 0.15) is 0 Å². The summed E-state index contributed by atoms with van der Waals surface area (Å²) in [6.45, 7) is 2.15. The molecule has 0 spiro atoms. The smallest absolute Gasteiger partial charge is 0.223 e. The van der Waals surface area contributed by atoms with Crippen molar-refractivity contribution in [3.63, 3.8) is 0 Å². The molecule has 25 heavy (non-hydrogen) atoms. The average molecular weight is 375 g/mol. The molecule has 1 heterocycles. The van der Waals surface area contributed by atoms with Crippen LogP contribution < -0.4 is 5.73 Å². The Labute approximate surface area is 158 Å². The number of halogens is 1. The molecule has 0 aliphatic carbocycles. The van der Waals surface area contributed by atoms with Crippen LogP contribution in [0.3, 0.4) is 0 Å². The molecule has 1 aliphatic rings. The molecule has 3 nitrogen and oxygen atoms in total. The zero-order chi connectivity index (χ0) is 17.6. The van der Waals surface area contributed by atoms with Gasteiger partial charge >= 0.3 is 0 Å². The van der Waals surface area contributed by atoms with Gasteiger partial charge in [-0.15, -0.1) is 11.8 Å². The number of nitrogens with two attached hydrogens (primary N) is 1. The van der Waals surface area contributed by atoms with E-state index in [1.807, 2.05) is 35.2 Å². The fraction of sp³-hybridized carbons (Fsp3) is 0.350. The molecular weight excluding hydrogens is 352 g/mol. The molecule has 1 saturated heterocycles. The Bertz CT molecular complexity index is 693. The minimum absolute atomic E-state index is 0.221. The Hall–Kier alpha value is -1.49. The fourth-order valence-corrected chi connectivity index (χ4v) is 4.30. The lowest BCUT2D eigenvalue weighted by atomic mass is 9.89. The largest absolute Gasteiger partial charge is 0.342 e. The summed E-state index contributed by atoms with van der Waals surface area (Å²) in [5.74, 6) is 1.69. The van der Waals surface area contributed by atoms with Crippen LogP contribution in [0, 0.1) is 5.92 Å². The number of likely N-dealkylation sites (tertiary alicyclic amines) is 1. The van der Waals surface area contributed by atoms with Crippen molar-refractivity contribution < 1.29 is 4.79 Å². The second-order valence-corrected chi connectivity index (χ2v) is 7.97. The molecule has 2 N–H and O–H groups in total. The van der Waals surface area contributed by atoms with E-state index in [-0.39, 0.29) is 5.91 Å². The molecule has 132 valence electrons. The number of nitrogens with zero attached hydrogens (tertiary/aromatic N) is 1. The van der Waals surface area contributed by atoms with Gasteiger partial charge in [-0.2, -0.15) is 0 Å². The molecule has 0 bridgehead atoms. The third-order valence-electron chi connectivity index (χ3n) is 4.72. The van der Waals surface area contributed by atoms with E-state index < -0.39 is 0 Å². The SMILES string of the molecule is NC[C@@H]1CN(C(=O)CCSc2ccc(Cl)cc2)C[C@H]1c1ccccc1. The van der Waals surface area contributed by atoms with E-state index in [4.69, 9.17) is 17.3 Å². The Morgan fingerprint density at radius 1 is 1.12 bits per heavy atom. The van der Waals surface area contributed by atoms with Crippen molar-refractivity contribution in [1.82, 2.24) is 4.90 Å². The third kappa shape index (κ3) is 4.78. The van der Waals surface area contributed by atoms with Gasteiger partial charge in [0.2, 0.25) is 5.91 Å². The van der Waals surface area contributed by atoms with Gasteiger partial charge in [0.15, 0.2) is 0 Å². The minimum atomic E-state index is 0.221. The maximum Gasteiger partial charge on any atom is 0.223 e. The molecule has 1 aliphatic heterocycles. The summed E-state index contributed by atoms with van der Waals surface area (Å²) in [4.78, 5) is 15.7. The molecule has 2 aromatic carbocycles. The Morgan fingerprint density at radius 2 is 1.84 bits per heavy atom. The van der Waals surface area contributed by atoms with Crippen LogP contribution in [0.15, 0.2) is 59.5 Å². The fourth-order valence-electron chi connectivity index (χ4n) is 3.34. The third-order valence-corrected chi connectivity index (χ3v) is 5.99. The molecule has 0 unspecified atom stereocenters. The number of amides is 1. The van der Waals surface area contributed by atoms with E-state index >= 15 is 0 Å². The van der Waals surface area contributed by atoms with Crippen molar-refractivity contribution >= 4 is 29.3 Å². The molecule has 2 atom stereocenters. The topological polar surface area (TPSA) is 46.3 Å². The molecule has 0 aromatic heterocycles. The van der Waals surface area contributed by atoms with Gasteiger partial charge in [0.05, 0.1) is 0 Å². The number of hydrogen-bond acceptors (Lipinski definition) is 3. The number of carbonyl (C=O) groups is 1. The zero-order valence-corrected chi connectivity index (χ0v) is 15.7. The van der Waals surface area contributed by atoms with Crippen molar-refractivity contribution in [1.29, 1.82) is 0 Å². The van der Waals surface area contributed by atoms with Crippen molar-refractivity contribution in [2.75, 3.05) is 25.4 Å². The Balaban J connectivity index is 1.53. The lowest BCUT2D eigenvalue weighted by Gasteiger charge is -2.17. The second kappa shape index (κ2) is 8.75. The van der Waals surface area contributed by atoms with Crippen molar-refractivity contribution in [3.8, 4) is 0 Å². The van der Waals surface area contributed by atoms with E-state index in [0.29, 0.717) is 24.8 Å². The molecule has 3 rings (SSSR count). The van der Waals surface area contributed by atoms with Crippen LogP contribution in [-0.4, -0.2) is 36.2 Å². The first-order valence-corrected chi connectivity index (χ1v) is 9.95. The second-order valence-electron chi connectivity index (χ2n) is 6.36. The van der Waals surface area contributed by atoms with Crippen molar-refractivity contribution in [2.24, 2.45) is 11.7 Å². The van der Waals surface area contributed by atoms with Gasteiger partial charge in [-0.05, 0) is 42.3 Å². The van der Waals surface area contributed by atoms with Gasteiger partial charge in [-0.25, -0.2) is 0 Å². The number of carbonyl (C=O) groups excluding carboxylic acids is 1. The predicted octanol–water partition coefficient (Wildman–Crippen LogP) is 4.02. The molecule has 5 heteroatoms. The first-order chi connectivity index (χ1) is 12.2. The lowest BCUT2D eigenvalue weighted by molar-refractivity contribution is -0.129. The van der Waals surface area contributed by atoms with E-state index in [0.717, 1.165) is 28.8 Å². The van der Waals surface area contributed by atoms with E-state index in [9.17, 15) is 4.79 Å². The highest BCUT2D eigenvalue weighted by atomic mass is 35.5. The summed E-state index contributed by atoms with van der Waals surface area (Å²) >= 11 is 7.58. The number of benzene rings is 2. The van der Waals surface area contributed by atoms with E-state index in [2.05, 4.69) is 24.3 Å². The quantitative estimate of drug-likeness (QED) is 0.776.